The third-order valence-corrected chi connectivity index (χ3v) is 30.6. The average molecular weight is 1740 g/mol. The van der Waals surface area contributed by atoms with Crippen LogP contribution in [0, 0.1) is 0 Å². The highest BCUT2D eigenvalue weighted by Crippen LogP contribution is 2.52. The van der Waals surface area contributed by atoms with Crippen molar-refractivity contribution in [2.24, 2.45) is 0 Å². The Morgan fingerprint density at radius 2 is 0.459 bits per heavy atom. The quantitative estimate of drug-likeness (QED) is 0.126. The lowest BCUT2D eigenvalue weighted by atomic mass is 9.85. The lowest BCUT2D eigenvalue weighted by molar-refractivity contribution is 1.63. The van der Waals surface area contributed by atoms with Crippen LogP contribution in [0.25, 0.3) is 268 Å². The smallest absolute Gasteiger partial charge is 0.0629 e. The van der Waals surface area contributed by atoms with Crippen LogP contribution in [0.5, 0.6) is 0 Å². The van der Waals surface area contributed by atoms with Crippen LogP contribution < -0.4 is 0 Å². The molecule has 3 heterocycles. The predicted octanol–water partition coefficient (Wildman–Crippen LogP) is 38.7. The van der Waals surface area contributed by atoms with Gasteiger partial charge < -0.3 is 0 Å². The highest BCUT2D eigenvalue weighted by atomic mass is 32.1. The second kappa shape index (κ2) is 32.4. The van der Waals surface area contributed by atoms with Gasteiger partial charge >= 0.3 is 0 Å². The highest BCUT2D eigenvalue weighted by Gasteiger charge is 2.24. The molecule has 25 aromatic carbocycles. The minimum Gasteiger partial charge on any atom is -0.135 e. The normalized spacial score (nSPS) is 12.3. The molecule has 0 aliphatic heterocycles. The molecule has 0 atom stereocenters. The lowest BCUT2D eigenvalue weighted by Crippen LogP contribution is -1.91. The minimum atomic E-state index is -0.391. The van der Waals surface area contributed by atoms with E-state index in [1.165, 1.54) is 219 Å². The van der Waals surface area contributed by atoms with E-state index in [4.69, 9.17) is 6.85 Å². The molecule has 0 bridgehead atoms. The van der Waals surface area contributed by atoms with Crippen LogP contribution in [0.3, 0.4) is 0 Å². The summed E-state index contributed by atoms with van der Waals surface area (Å²) < 4.78 is 50.6. The van der Waals surface area contributed by atoms with Gasteiger partial charge in [-0.25, -0.2) is 0 Å². The molecule has 0 fully saturated rings. The fourth-order valence-corrected chi connectivity index (χ4v) is 24.9. The van der Waals surface area contributed by atoms with E-state index in [-0.39, 0.29) is 29.7 Å². The third-order valence-electron chi connectivity index (χ3n) is 27.2. The number of hydrogen-bond donors (Lipinski definition) is 0. The molecule has 0 radical (unpaired) electrons. The van der Waals surface area contributed by atoms with Gasteiger partial charge in [0.25, 0.3) is 0 Å². The molecule has 0 saturated carbocycles. The average Bonchev–Trinajstić information content (AvgIpc) is 0.935. The Kier molecular flexibility index (Phi) is 17.7. The molecule has 0 aliphatic rings. The van der Waals surface area contributed by atoms with Gasteiger partial charge in [-0.3, -0.25) is 0 Å². The molecule has 0 unspecified atom stereocenters. The van der Waals surface area contributed by atoms with Gasteiger partial charge in [-0.1, -0.05) is 418 Å². The Bertz CT molecular complexity index is 9750. The molecule has 28 rings (SSSR count). The van der Waals surface area contributed by atoms with Crippen LogP contribution >= 0.6 is 34.0 Å². The van der Waals surface area contributed by atoms with Crippen LogP contribution in [0.15, 0.2) is 485 Å². The van der Waals surface area contributed by atoms with E-state index in [9.17, 15) is 0 Å². The fraction of sp³-hybridized carbons (Fsp3) is 0. The Hall–Kier alpha value is -16.2. The number of thiophene rings is 3. The molecule has 3 heteroatoms. The molecular weight excluding hydrogens is 1660 g/mol. The minimum absolute atomic E-state index is 0.199. The van der Waals surface area contributed by atoms with Crippen molar-refractivity contribution in [2.45, 2.75) is 0 Å². The van der Waals surface area contributed by atoms with E-state index >= 15 is 0 Å². The van der Waals surface area contributed by atoms with Crippen LogP contribution in [0.2, 0.25) is 0 Å². The molecule has 0 saturated heterocycles. The summed E-state index contributed by atoms with van der Waals surface area (Å²) in [4.78, 5) is 0. The van der Waals surface area contributed by atoms with Gasteiger partial charge in [0.1, 0.15) is 0 Å². The molecule has 0 amide bonds. The summed E-state index contributed by atoms with van der Waals surface area (Å²) in [5, 5.41) is 32.0. The summed E-state index contributed by atoms with van der Waals surface area (Å²) in [6.45, 7) is 0. The van der Waals surface area contributed by atoms with Crippen LogP contribution in [-0.4, -0.2) is 0 Å². The molecule has 618 valence electrons. The SMILES string of the molecule is [2H]c1c([2H])c([2H])c(-c2c3ccccc3c(-c3cccc(-c4cccc5sc6cc7ccccc7cc6c45)c3)c3ccccc23)c([2H])c1[2H].c1cc(-c2ccc3sc4ccc5ccccc5c4c3c2)cc(-c2c3ccccc3c(-c3ccc4ccccc4c3)c3ccccc23)c1.c1ccc(-c2c3ccccc3c(-c3cccc(-c4cccc5c4sc4ccc6ccccc6c45)c3)c3ccccc23)cc1. The third kappa shape index (κ3) is 13.3. The van der Waals surface area contributed by atoms with Crippen molar-refractivity contribution < 1.29 is 6.85 Å². The number of hydrogen-bond acceptors (Lipinski definition) is 3. The fourth-order valence-electron chi connectivity index (χ4n) is 21.3. The van der Waals surface area contributed by atoms with E-state index in [0.29, 0.717) is 5.56 Å². The Morgan fingerprint density at radius 3 is 0.985 bits per heavy atom. The van der Waals surface area contributed by atoms with Gasteiger partial charge in [-0.15, -0.1) is 34.0 Å². The summed E-state index contributed by atoms with van der Waals surface area (Å²) in [6.07, 6.45) is 0. The Labute approximate surface area is 788 Å². The largest absolute Gasteiger partial charge is 0.135 e. The predicted molar refractivity (Wildman–Crippen MR) is 582 cm³/mol. The highest BCUT2D eigenvalue weighted by molar-refractivity contribution is 7.27. The first-order valence-corrected chi connectivity index (χ1v) is 47.8. The molecular formula is C130H80S3. The van der Waals surface area contributed by atoms with Gasteiger partial charge in [-0.2, -0.15) is 0 Å². The van der Waals surface area contributed by atoms with Gasteiger partial charge in [0.15, 0.2) is 0 Å². The van der Waals surface area contributed by atoms with Crippen molar-refractivity contribution in [3.05, 3.63) is 485 Å². The van der Waals surface area contributed by atoms with E-state index in [1.807, 2.05) is 70.4 Å². The molecule has 0 spiro atoms. The summed E-state index contributed by atoms with van der Waals surface area (Å²) in [6, 6.07) is 164. The zero-order valence-corrected chi connectivity index (χ0v) is 74.5. The van der Waals surface area contributed by atoms with E-state index in [0.717, 1.165) is 38.2 Å². The van der Waals surface area contributed by atoms with E-state index in [1.54, 1.807) is 0 Å². The molecule has 0 N–H and O–H groups in total. The first kappa shape index (κ1) is 72.6. The van der Waals surface area contributed by atoms with Crippen molar-refractivity contribution in [2.75, 3.05) is 0 Å². The Morgan fingerprint density at radius 1 is 0.143 bits per heavy atom. The van der Waals surface area contributed by atoms with Crippen LogP contribution in [0.1, 0.15) is 6.85 Å². The summed E-state index contributed by atoms with van der Waals surface area (Å²) in [5.74, 6) is 0. The monoisotopic (exact) mass is 1740 g/mol. The maximum atomic E-state index is 8.85. The summed E-state index contributed by atoms with van der Waals surface area (Å²) >= 11 is 5.61. The van der Waals surface area contributed by atoms with Crippen molar-refractivity contribution in [1.29, 1.82) is 0 Å². The van der Waals surface area contributed by atoms with Gasteiger partial charge in [0.2, 0.25) is 0 Å². The molecule has 28 aromatic rings. The molecule has 133 heavy (non-hydrogen) atoms. The lowest BCUT2D eigenvalue weighted by Gasteiger charge is -2.18. The zero-order valence-electron chi connectivity index (χ0n) is 77.0. The molecule has 0 nitrogen and oxygen atoms in total. The first-order valence-electron chi connectivity index (χ1n) is 47.8. The maximum Gasteiger partial charge on any atom is 0.0629 e. The van der Waals surface area contributed by atoms with Gasteiger partial charge in [0, 0.05) is 60.5 Å². The Balaban J connectivity index is 0.000000107. The van der Waals surface area contributed by atoms with E-state index < -0.39 is 6.04 Å². The van der Waals surface area contributed by atoms with Crippen molar-refractivity contribution in [1.82, 2.24) is 0 Å². The van der Waals surface area contributed by atoms with Gasteiger partial charge in [-0.05, 0) is 275 Å². The number of rotatable bonds is 9. The molecule has 3 aromatic heterocycles. The van der Waals surface area contributed by atoms with E-state index in [2.05, 4.69) is 419 Å². The van der Waals surface area contributed by atoms with Crippen molar-refractivity contribution in [3.63, 3.8) is 0 Å². The summed E-state index contributed by atoms with van der Waals surface area (Å²) in [5.41, 5.74) is 20.4. The van der Waals surface area contributed by atoms with Gasteiger partial charge in [0.05, 0.1) is 6.85 Å². The zero-order chi connectivity index (χ0) is 91.9. The summed E-state index contributed by atoms with van der Waals surface area (Å²) in [7, 11) is 0. The second-order valence-electron chi connectivity index (χ2n) is 34.6. The van der Waals surface area contributed by atoms with Crippen molar-refractivity contribution in [3.8, 4) is 100 Å². The first-order chi connectivity index (χ1) is 68.0. The van der Waals surface area contributed by atoms with Crippen LogP contribution in [0.4, 0.5) is 0 Å². The standard InChI is InChI=1S/C46H28S.2C42H26S/c1-2-12-31-26-35(21-20-29(31)10-1)45-39-18-7-5-16-37(39)44(38-17-6-8-19-40(38)45)34-14-9-13-32(27-34)33-23-24-42-41(28-33)46-36-15-4-3-11-30(36)22-25-43(46)47-42;1-2-13-28(14-3-1)39-33-18-6-8-20-35(33)40(36-21-9-7-19-34(36)39)30-16-10-15-29(26-30)32-22-11-23-37-41-31-17-5-4-12-27(31)24-25-38(41)43-42(32)37;1-2-12-27(13-3-1)40-33-18-6-8-20-35(33)41(36-21-9-7-19-34(36)40)31-17-10-16-30(24-31)32-22-11-23-38-42(32)37-25-28-14-4-5-15-29(28)26-39(37)43-38/h1-28H;2*1-26H/i;;1D,2D,3D,12D,13D. The number of benzene rings is 25. The van der Waals surface area contributed by atoms with Crippen molar-refractivity contribution >= 4 is 202 Å². The molecule has 0 aliphatic carbocycles. The topological polar surface area (TPSA) is 0 Å². The second-order valence-corrected chi connectivity index (χ2v) is 37.8. The van der Waals surface area contributed by atoms with Crippen LogP contribution in [-0.2, 0) is 0 Å². The maximum absolute atomic E-state index is 8.85. The number of fused-ring (bicyclic) bond motifs is 21.